The van der Waals surface area contributed by atoms with Crippen molar-refractivity contribution in [1.29, 1.82) is 5.26 Å². The van der Waals surface area contributed by atoms with Crippen molar-refractivity contribution in [2.75, 3.05) is 37.3 Å². The minimum atomic E-state index is 0.187. The standard InChI is InChI=1S/C16H20ClN5OS/c1-3-15(23)22-8-6-21(7-9-22)14-5-4-12(17)10-13(14)20-16(24-2)19-11-18/h4-5,10H,3,6-9H2,1-2H3,(H,19,20). The number of rotatable bonds is 3. The Bertz CT molecular complexity index is 665. The summed E-state index contributed by atoms with van der Waals surface area (Å²) in [5.41, 5.74) is 1.67. The summed E-state index contributed by atoms with van der Waals surface area (Å²) in [6, 6.07) is 5.55. The number of nitriles is 1. The number of thioether (sulfide) groups is 1. The van der Waals surface area contributed by atoms with E-state index in [2.05, 4.69) is 15.2 Å². The zero-order chi connectivity index (χ0) is 17.5. The fourth-order valence-electron chi connectivity index (χ4n) is 2.56. The fraction of sp³-hybridized carbons (Fsp3) is 0.438. The molecule has 2 rings (SSSR count). The predicted molar refractivity (Wildman–Crippen MR) is 99.9 cm³/mol. The number of carbonyl (C=O) groups excluding carboxylic acids is 1. The van der Waals surface area contributed by atoms with Crippen molar-refractivity contribution < 1.29 is 4.79 Å². The van der Waals surface area contributed by atoms with Gasteiger partial charge in [-0.05, 0) is 24.5 Å². The molecular formula is C16H20ClN5OS. The first-order chi connectivity index (χ1) is 11.6. The average molecular weight is 366 g/mol. The summed E-state index contributed by atoms with van der Waals surface area (Å²) in [6.45, 7) is 4.77. The lowest BCUT2D eigenvalue weighted by atomic mass is 10.2. The van der Waals surface area contributed by atoms with Gasteiger partial charge in [0.15, 0.2) is 11.4 Å². The molecule has 0 aliphatic carbocycles. The summed E-state index contributed by atoms with van der Waals surface area (Å²) in [6.07, 6.45) is 4.27. The predicted octanol–water partition coefficient (Wildman–Crippen LogP) is 2.82. The smallest absolute Gasteiger partial charge is 0.222 e. The van der Waals surface area contributed by atoms with Crippen LogP contribution < -0.4 is 10.2 Å². The van der Waals surface area contributed by atoms with Crippen molar-refractivity contribution in [3.05, 3.63) is 23.2 Å². The molecule has 0 aromatic heterocycles. The molecule has 1 heterocycles. The number of nitrogens with zero attached hydrogens (tertiary/aromatic N) is 4. The van der Waals surface area contributed by atoms with Crippen LogP contribution in [-0.4, -0.2) is 48.4 Å². The van der Waals surface area contributed by atoms with Crippen molar-refractivity contribution in [2.24, 2.45) is 4.99 Å². The SMILES string of the molecule is CCC(=O)N1CCN(c2ccc(Cl)cc2N=C(NC#N)SC)CC1. The van der Waals surface area contributed by atoms with Crippen LogP contribution in [0.4, 0.5) is 11.4 Å². The number of benzene rings is 1. The number of halogens is 1. The molecular weight excluding hydrogens is 346 g/mol. The maximum Gasteiger partial charge on any atom is 0.222 e. The molecule has 0 unspecified atom stereocenters. The summed E-state index contributed by atoms with van der Waals surface area (Å²) in [7, 11) is 0. The Balaban J connectivity index is 2.22. The second kappa shape index (κ2) is 8.81. The number of aliphatic imine (C=N–C) groups is 1. The van der Waals surface area contributed by atoms with E-state index in [0.717, 1.165) is 18.8 Å². The fourth-order valence-corrected chi connectivity index (χ4v) is 3.06. The molecule has 0 bridgehead atoms. The lowest BCUT2D eigenvalue weighted by molar-refractivity contribution is -0.131. The van der Waals surface area contributed by atoms with Gasteiger partial charge in [0.1, 0.15) is 0 Å². The first-order valence-electron chi connectivity index (χ1n) is 7.69. The van der Waals surface area contributed by atoms with Gasteiger partial charge >= 0.3 is 0 Å². The van der Waals surface area contributed by atoms with Gasteiger partial charge in [-0.15, -0.1) is 0 Å². The second-order valence-electron chi connectivity index (χ2n) is 5.21. The van der Waals surface area contributed by atoms with Gasteiger partial charge in [0.05, 0.1) is 11.4 Å². The number of hydrogen-bond donors (Lipinski definition) is 1. The molecule has 0 radical (unpaired) electrons. The second-order valence-corrected chi connectivity index (χ2v) is 6.44. The van der Waals surface area contributed by atoms with Crippen molar-refractivity contribution in [3.8, 4) is 6.19 Å². The molecule has 1 aromatic carbocycles. The van der Waals surface area contributed by atoms with E-state index in [1.165, 1.54) is 11.8 Å². The Morgan fingerprint density at radius 1 is 1.42 bits per heavy atom. The number of carbonyl (C=O) groups is 1. The summed E-state index contributed by atoms with van der Waals surface area (Å²) in [5, 5.41) is 12.5. The molecule has 1 saturated heterocycles. The summed E-state index contributed by atoms with van der Waals surface area (Å²) in [5.74, 6) is 0.187. The largest absolute Gasteiger partial charge is 0.366 e. The van der Waals surface area contributed by atoms with Crippen LogP contribution in [0.3, 0.4) is 0 Å². The Morgan fingerprint density at radius 3 is 2.71 bits per heavy atom. The maximum absolute atomic E-state index is 11.8. The van der Waals surface area contributed by atoms with Gasteiger partial charge in [0, 0.05) is 37.6 Å². The Morgan fingerprint density at radius 2 is 2.12 bits per heavy atom. The number of anilines is 1. The van der Waals surface area contributed by atoms with Crippen LogP contribution in [0.1, 0.15) is 13.3 Å². The third-order valence-electron chi connectivity index (χ3n) is 3.79. The first-order valence-corrected chi connectivity index (χ1v) is 9.29. The maximum atomic E-state index is 11.8. The monoisotopic (exact) mass is 365 g/mol. The van der Waals surface area contributed by atoms with Crippen molar-refractivity contribution in [2.45, 2.75) is 13.3 Å². The average Bonchev–Trinajstić information content (AvgIpc) is 2.61. The summed E-state index contributed by atoms with van der Waals surface area (Å²) in [4.78, 5) is 20.4. The zero-order valence-corrected chi connectivity index (χ0v) is 15.3. The van der Waals surface area contributed by atoms with E-state index in [-0.39, 0.29) is 5.91 Å². The van der Waals surface area contributed by atoms with Gasteiger partial charge in [0.25, 0.3) is 0 Å². The molecule has 0 atom stereocenters. The van der Waals surface area contributed by atoms with E-state index >= 15 is 0 Å². The molecule has 1 amide bonds. The van der Waals surface area contributed by atoms with Crippen LogP contribution in [-0.2, 0) is 4.79 Å². The lowest BCUT2D eigenvalue weighted by Gasteiger charge is -2.36. The molecule has 0 spiro atoms. The lowest BCUT2D eigenvalue weighted by Crippen LogP contribution is -2.48. The number of nitrogens with one attached hydrogen (secondary N) is 1. The summed E-state index contributed by atoms with van der Waals surface area (Å²) >= 11 is 7.47. The van der Waals surface area contributed by atoms with E-state index in [1.807, 2.05) is 36.4 Å². The molecule has 8 heteroatoms. The van der Waals surface area contributed by atoms with E-state index in [1.54, 1.807) is 6.07 Å². The van der Waals surface area contributed by atoms with Crippen molar-refractivity contribution in [1.82, 2.24) is 10.2 Å². The molecule has 24 heavy (non-hydrogen) atoms. The highest BCUT2D eigenvalue weighted by molar-refractivity contribution is 8.13. The minimum Gasteiger partial charge on any atom is -0.366 e. The Hall–Kier alpha value is -1.91. The quantitative estimate of drug-likeness (QED) is 0.386. The highest BCUT2D eigenvalue weighted by Crippen LogP contribution is 2.33. The third-order valence-corrected chi connectivity index (χ3v) is 4.61. The van der Waals surface area contributed by atoms with E-state index in [9.17, 15) is 4.79 Å². The van der Waals surface area contributed by atoms with Gasteiger partial charge in [0.2, 0.25) is 5.91 Å². The van der Waals surface area contributed by atoms with Crippen molar-refractivity contribution >= 4 is 45.8 Å². The van der Waals surface area contributed by atoms with E-state index < -0.39 is 0 Å². The zero-order valence-electron chi connectivity index (χ0n) is 13.8. The Labute approximate surface area is 151 Å². The third kappa shape index (κ3) is 4.56. The number of amidine groups is 1. The Kier molecular flexibility index (Phi) is 6.76. The molecule has 0 saturated carbocycles. The normalized spacial score (nSPS) is 15.2. The van der Waals surface area contributed by atoms with E-state index in [4.69, 9.17) is 16.9 Å². The molecule has 1 fully saturated rings. The molecule has 1 aliphatic heterocycles. The number of amides is 1. The minimum absolute atomic E-state index is 0.187. The molecule has 1 aliphatic rings. The van der Waals surface area contributed by atoms with Gasteiger partial charge in [-0.3, -0.25) is 10.1 Å². The van der Waals surface area contributed by atoms with Crippen LogP contribution >= 0.6 is 23.4 Å². The van der Waals surface area contributed by atoms with Crippen LogP contribution in [0.5, 0.6) is 0 Å². The van der Waals surface area contributed by atoms with Gasteiger partial charge in [-0.25, -0.2) is 4.99 Å². The van der Waals surface area contributed by atoms with Crippen LogP contribution in [0, 0.1) is 11.5 Å². The molecule has 6 nitrogen and oxygen atoms in total. The molecule has 1 N–H and O–H groups in total. The molecule has 128 valence electrons. The van der Waals surface area contributed by atoms with Crippen molar-refractivity contribution in [3.63, 3.8) is 0 Å². The first kappa shape index (κ1) is 18.4. The van der Waals surface area contributed by atoms with Gasteiger partial charge in [-0.1, -0.05) is 30.3 Å². The molecule has 1 aromatic rings. The van der Waals surface area contributed by atoms with E-state index in [0.29, 0.717) is 35.4 Å². The van der Waals surface area contributed by atoms with Crippen LogP contribution in [0.25, 0.3) is 0 Å². The van der Waals surface area contributed by atoms with Crippen LogP contribution in [0.15, 0.2) is 23.2 Å². The van der Waals surface area contributed by atoms with Gasteiger partial charge in [-0.2, -0.15) is 5.26 Å². The highest BCUT2D eigenvalue weighted by Gasteiger charge is 2.22. The summed E-state index contributed by atoms with van der Waals surface area (Å²) < 4.78 is 0. The highest BCUT2D eigenvalue weighted by atomic mass is 35.5. The van der Waals surface area contributed by atoms with Crippen LogP contribution in [0.2, 0.25) is 5.02 Å². The topological polar surface area (TPSA) is 71.7 Å². The van der Waals surface area contributed by atoms with Gasteiger partial charge < -0.3 is 9.80 Å². The number of hydrogen-bond acceptors (Lipinski definition) is 5. The number of piperazine rings is 1.